The third-order valence-electron chi connectivity index (χ3n) is 3.45. The molecular formula is C14H13NO3. The van der Waals surface area contributed by atoms with Gasteiger partial charge in [-0.1, -0.05) is 35.5 Å². The van der Waals surface area contributed by atoms with Gasteiger partial charge in [0.25, 0.3) is 0 Å². The summed E-state index contributed by atoms with van der Waals surface area (Å²) >= 11 is 0. The average molecular weight is 243 g/mol. The second-order valence-corrected chi connectivity index (χ2v) is 4.52. The maximum Gasteiger partial charge on any atom is 0.360 e. The van der Waals surface area contributed by atoms with E-state index in [9.17, 15) is 4.79 Å². The van der Waals surface area contributed by atoms with Crippen molar-refractivity contribution in [3.63, 3.8) is 0 Å². The first-order valence-electron chi connectivity index (χ1n) is 5.87. The highest BCUT2D eigenvalue weighted by Gasteiger charge is 2.49. The maximum absolute atomic E-state index is 11.4. The molecule has 4 heteroatoms. The third kappa shape index (κ3) is 1.61. The van der Waals surface area contributed by atoms with Gasteiger partial charge in [-0.3, -0.25) is 0 Å². The standard InChI is InChI=1S/C14H13NO3/c1-17-13(16)11-9-12(18-15-11)14(7-8-14)10-5-3-2-4-6-10/h2-6,9H,7-8H2,1H3. The van der Waals surface area contributed by atoms with Crippen molar-refractivity contribution >= 4 is 5.97 Å². The molecule has 3 rings (SSSR count). The van der Waals surface area contributed by atoms with Crippen LogP contribution in [-0.4, -0.2) is 18.2 Å². The number of aromatic nitrogens is 1. The molecule has 1 aromatic heterocycles. The first-order valence-corrected chi connectivity index (χ1v) is 5.87. The Balaban J connectivity index is 1.96. The molecule has 1 fully saturated rings. The van der Waals surface area contributed by atoms with Crippen molar-refractivity contribution in [3.8, 4) is 0 Å². The SMILES string of the molecule is COC(=O)c1cc(C2(c3ccccc3)CC2)on1. The van der Waals surface area contributed by atoms with Gasteiger partial charge in [0.2, 0.25) is 0 Å². The molecule has 4 nitrogen and oxygen atoms in total. The molecule has 1 aromatic carbocycles. The number of rotatable bonds is 3. The molecule has 92 valence electrons. The number of ether oxygens (including phenoxy) is 1. The zero-order valence-corrected chi connectivity index (χ0v) is 10.1. The van der Waals surface area contributed by atoms with Gasteiger partial charge in [0, 0.05) is 6.07 Å². The molecule has 0 radical (unpaired) electrons. The zero-order chi connectivity index (χ0) is 12.6. The molecule has 0 amide bonds. The number of hydrogen-bond acceptors (Lipinski definition) is 4. The Morgan fingerprint density at radius 3 is 2.67 bits per heavy atom. The Morgan fingerprint density at radius 2 is 2.06 bits per heavy atom. The van der Waals surface area contributed by atoms with Gasteiger partial charge in [-0.15, -0.1) is 0 Å². The summed E-state index contributed by atoms with van der Waals surface area (Å²) in [6.07, 6.45) is 2.04. The largest absolute Gasteiger partial charge is 0.464 e. The molecule has 2 aromatic rings. The minimum atomic E-state index is -0.464. The van der Waals surface area contributed by atoms with Crippen LogP contribution in [0.2, 0.25) is 0 Å². The number of nitrogens with zero attached hydrogens (tertiary/aromatic N) is 1. The lowest BCUT2D eigenvalue weighted by Gasteiger charge is -2.10. The van der Waals surface area contributed by atoms with E-state index in [4.69, 9.17) is 4.52 Å². The molecule has 1 aliphatic carbocycles. The van der Waals surface area contributed by atoms with Gasteiger partial charge in [0.05, 0.1) is 12.5 Å². The number of carbonyl (C=O) groups excluding carboxylic acids is 1. The van der Waals surface area contributed by atoms with Gasteiger partial charge in [-0.2, -0.15) is 0 Å². The van der Waals surface area contributed by atoms with Crippen LogP contribution in [-0.2, 0) is 10.2 Å². The molecule has 0 unspecified atom stereocenters. The van der Waals surface area contributed by atoms with E-state index < -0.39 is 5.97 Å². The second-order valence-electron chi connectivity index (χ2n) is 4.52. The molecule has 0 spiro atoms. The summed E-state index contributed by atoms with van der Waals surface area (Å²) in [5.74, 6) is 0.281. The molecule has 1 heterocycles. The lowest BCUT2D eigenvalue weighted by molar-refractivity contribution is 0.0589. The summed E-state index contributed by atoms with van der Waals surface area (Å²) in [6, 6.07) is 11.8. The van der Waals surface area contributed by atoms with E-state index in [0.717, 1.165) is 18.6 Å². The van der Waals surface area contributed by atoms with E-state index >= 15 is 0 Å². The Morgan fingerprint density at radius 1 is 1.33 bits per heavy atom. The Hall–Kier alpha value is -2.10. The fraction of sp³-hybridized carbons (Fsp3) is 0.286. The van der Waals surface area contributed by atoms with E-state index in [1.807, 2.05) is 18.2 Å². The first kappa shape index (κ1) is 11.0. The van der Waals surface area contributed by atoms with Gasteiger partial charge >= 0.3 is 5.97 Å². The van der Waals surface area contributed by atoms with Crippen LogP contribution < -0.4 is 0 Å². The molecule has 1 saturated carbocycles. The van der Waals surface area contributed by atoms with Crippen LogP contribution in [0.15, 0.2) is 40.9 Å². The van der Waals surface area contributed by atoms with Crippen molar-refractivity contribution in [3.05, 3.63) is 53.4 Å². The first-order chi connectivity index (χ1) is 8.76. The molecular weight excluding hydrogens is 230 g/mol. The van der Waals surface area contributed by atoms with E-state index in [-0.39, 0.29) is 11.1 Å². The van der Waals surface area contributed by atoms with Crippen molar-refractivity contribution < 1.29 is 14.1 Å². The van der Waals surface area contributed by atoms with E-state index in [1.165, 1.54) is 12.7 Å². The van der Waals surface area contributed by atoms with Crippen LogP contribution in [0.3, 0.4) is 0 Å². The molecule has 18 heavy (non-hydrogen) atoms. The van der Waals surface area contributed by atoms with Gasteiger partial charge < -0.3 is 9.26 Å². The van der Waals surface area contributed by atoms with Gasteiger partial charge in [0.15, 0.2) is 5.69 Å². The van der Waals surface area contributed by atoms with Crippen molar-refractivity contribution in [1.29, 1.82) is 0 Å². The van der Waals surface area contributed by atoms with Crippen molar-refractivity contribution in [2.24, 2.45) is 0 Å². The summed E-state index contributed by atoms with van der Waals surface area (Å²) < 4.78 is 9.95. The number of benzene rings is 1. The monoisotopic (exact) mass is 243 g/mol. The highest BCUT2D eigenvalue weighted by atomic mass is 16.5. The summed E-state index contributed by atoms with van der Waals surface area (Å²) in [7, 11) is 1.33. The second kappa shape index (κ2) is 3.98. The third-order valence-corrected chi connectivity index (χ3v) is 3.45. The molecule has 0 aliphatic heterocycles. The Kier molecular flexibility index (Phi) is 2.44. The molecule has 0 bridgehead atoms. The molecule has 1 aliphatic rings. The predicted octanol–water partition coefficient (Wildman–Crippen LogP) is 2.54. The van der Waals surface area contributed by atoms with Crippen LogP contribution in [0.5, 0.6) is 0 Å². The number of carbonyl (C=O) groups is 1. The normalized spacial score (nSPS) is 16.3. The highest BCUT2D eigenvalue weighted by molar-refractivity contribution is 5.87. The van der Waals surface area contributed by atoms with E-state index in [1.54, 1.807) is 6.07 Å². The molecule has 0 atom stereocenters. The number of esters is 1. The van der Waals surface area contributed by atoms with Gasteiger partial charge in [0.1, 0.15) is 5.76 Å². The summed E-state index contributed by atoms with van der Waals surface area (Å²) in [5.41, 5.74) is 1.34. The van der Waals surface area contributed by atoms with Crippen molar-refractivity contribution in [2.45, 2.75) is 18.3 Å². The Labute approximate surface area is 105 Å². The Bertz CT molecular complexity index is 570. The van der Waals surface area contributed by atoms with Crippen LogP contribution >= 0.6 is 0 Å². The predicted molar refractivity (Wildman–Crippen MR) is 64.3 cm³/mol. The van der Waals surface area contributed by atoms with Crippen LogP contribution in [0.4, 0.5) is 0 Å². The van der Waals surface area contributed by atoms with Crippen molar-refractivity contribution in [2.75, 3.05) is 7.11 Å². The number of hydrogen-bond donors (Lipinski definition) is 0. The van der Waals surface area contributed by atoms with Crippen molar-refractivity contribution in [1.82, 2.24) is 5.16 Å². The lowest BCUT2D eigenvalue weighted by atomic mass is 9.93. The number of methoxy groups -OCH3 is 1. The quantitative estimate of drug-likeness (QED) is 0.777. The smallest absolute Gasteiger partial charge is 0.360 e. The van der Waals surface area contributed by atoms with Crippen LogP contribution in [0.25, 0.3) is 0 Å². The highest BCUT2D eigenvalue weighted by Crippen LogP contribution is 2.53. The fourth-order valence-electron chi connectivity index (χ4n) is 2.26. The topological polar surface area (TPSA) is 52.3 Å². The summed E-state index contributed by atoms with van der Waals surface area (Å²) in [5, 5.41) is 3.77. The van der Waals surface area contributed by atoms with Crippen LogP contribution in [0, 0.1) is 0 Å². The van der Waals surface area contributed by atoms with Gasteiger partial charge in [-0.05, 0) is 18.4 Å². The average Bonchev–Trinajstić information content (AvgIpc) is 3.10. The minimum absolute atomic E-state index is 0.0967. The fourth-order valence-corrected chi connectivity index (χ4v) is 2.26. The molecule has 0 saturated heterocycles. The lowest BCUT2D eigenvalue weighted by Crippen LogP contribution is -2.07. The molecule has 0 N–H and O–H groups in total. The maximum atomic E-state index is 11.4. The van der Waals surface area contributed by atoms with E-state index in [2.05, 4.69) is 22.0 Å². The summed E-state index contributed by atoms with van der Waals surface area (Å²) in [6.45, 7) is 0. The van der Waals surface area contributed by atoms with E-state index in [0.29, 0.717) is 0 Å². The minimum Gasteiger partial charge on any atom is -0.464 e. The van der Waals surface area contributed by atoms with Gasteiger partial charge in [-0.25, -0.2) is 4.79 Å². The summed E-state index contributed by atoms with van der Waals surface area (Å²) in [4.78, 5) is 11.4. The van der Waals surface area contributed by atoms with Crippen LogP contribution in [0.1, 0.15) is 34.7 Å². The zero-order valence-electron chi connectivity index (χ0n) is 10.1.